The number of carboxylic acids is 1. The molecule has 0 radical (unpaired) electrons. The van der Waals surface area contributed by atoms with Crippen molar-refractivity contribution in [2.75, 3.05) is 11.2 Å². The van der Waals surface area contributed by atoms with E-state index in [-0.39, 0.29) is 47.3 Å². The second-order valence-corrected chi connectivity index (χ2v) is 12.1. The SMILES string of the molecule is CC1(C)S[C@@H]2[C@H](NC(=O)C(CC3=CCCCC3)c3csc(NC(=O)CCl)n3)C(=O)N2[C@H]1C(=O)[O-].[Na+]. The van der Waals surface area contributed by atoms with Crippen LogP contribution in [0.3, 0.4) is 0 Å². The predicted octanol–water partition coefficient (Wildman–Crippen LogP) is -1.40. The van der Waals surface area contributed by atoms with Crippen LogP contribution in [0.4, 0.5) is 5.13 Å². The molecule has 184 valence electrons. The molecule has 3 amide bonds. The van der Waals surface area contributed by atoms with Gasteiger partial charge in [-0.05, 0) is 46.0 Å². The Bertz CT molecular complexity index is 1050. The third-order valence-corrected chi connectivity index (χ3v) is 8.97. The number of thioether (sulfide) groups is 1. The number of rotatable bonds is 8. The van der Waals surface area contributed by atoms with Gasteiger partial charge in [0.05, 0.1) is 23.6 Å². The van der Waals surface area contributed by atoms with Gasteiger partial charge >= 0.3 is 29.6 Å². The number of hydrogen-bond donors (Lipinski definition) is 2. The van der Waals surface area contributed by atoms with Crippen molar-refractivity contribution in [3.8, 4) is 0 Å². The molecule has 4 rings (SSSR count). The number of nitrogens with zero attached hydrogens (tertiary/aromatic N) is 2. The number of carboxylic acid groups (broad SMARTS) is 1. The minimum atomic E-state index is -1.30. The fourth-order valence-electron chi connectivity index (χ4n) is 4.72. The molecule has 9 nitrogen and oxygen atoms in total. The average molecular weight is 549 g/mol. The first kappa shape index (κ1) is 28.5. The molecule has 2 fully saturated rings. The van der Waals surface area contributed by atoms with Crippen LogP contribution in [0.2, 0.25) is 0 Å². The Hall–Kier alpha value is -1.11. The Kier molecular flexibility index (Phi) is 9.37. The number of alkyl halides is 1. The zero-order valence-electron chi connectivity index (χ0n) is 19.8. The maximum atomic E-state index is 13.4. The number of hydrogen-bond acceptors (Lipinski definition) is 8. The van der Waals surface area contributed by atoms with Gasteiger partial charge in [0.1, 0.15) is 17.3 Å². The molecule has 1 aromatic heterocycles. The second-order valence-electron chi connectivity index (χ2n) is 9.19. The van der Waals surface area contributed by atoms with Gasteiger partial charge in [0.2, 0.25) is 17.7 Å². The molecule has 2 aliphatic heterocycles. The van der Waals surface area contributed by atoms with Gasteiger partial charge < -0.3 is 25.4 Å². The summed E-state index contributed by atoms with van der Waals surface area (Å²) in [6, 6.07) is -1.85. The van der Waals surface area contributed by atoms with Gasteiger partial charge in [0, 0.05) is 10.1 Å². The number of fused-ring (bicyclic) bond motifs is 1. The molecule has 1 aromatic rings. The van der Waals surface area contributed by atoms with E-state index in [1.54, 1.807) is 19.2 Å². The van der Waals surface area contributed by atoms with Crippen LogP contribution in [0.25, 0.3) is 0 Å². The molecule has 0 saturated carbocycles. The first-order valence-electron chi connectivity index (χ1n) is 11.1. The van der Waals surface area contributed by atoms with Gasteiger partial charge in [-0.1, -0.05) is 11.6 Å². The van der Waals surface area contributed by atoms with Crippen molar-refractivity contribution in [1.82, 2.24) is 15.2 Å². The van der Waals surface area contributed by atoms with Crippen LogP contribution in [0.15, 0.2) is 17.0 Å². The molecule has 2 saturated heterocycles. The summed E-state index contributed by atoms with van der Waals surface area (Å²) in [6.45, 7) is 3.51. The Morgan fingerprint density at radius 2 is 2.09 bits per heavy atom. The van der Waals surface area contributed by atoms with E-state index in [2.05, 4.69) is 21.7 Å². The summed E-state index contributed by atoms with van der Waals surface area (Å²) in [4.78, 5) is 55.2. The van der Waals surface area contributed by atoms with Gasteiger partial charge in [-0.15, -0.1) is 34.7 Å². The summed E-state index contributed by atoms with van der Waals surface area (Å²) in [6.07, 6.45) is 6.66. The molecule has 1 unspecified atom stereocenters. The maximum absolute atomic E-state index is 13.4. The van der Waals surface area contributed by atoms with Crippen LogP contribution in [0.5, 0.6) is 0 Å². The molecular weight excluding hydrogens is 523 g/mol. The molecule has 1 aliphatic carbocycles. The van der Waals surface area contributed by atoms with Gasteiger partial charge in [0.25, 0.3) is 0 Å². The first-order chi connectivity index (χ1) is 16.1. The fraction of sp³-hybridized carbons (Fsp3) is 0.591. The van der Waals surface area contributed by atoms with Gasteiger partial charge in [-0.25, -0.2) is 4.98 Å². The van der Waals surface area contributed by atoms with Crippen molar-refractivity contribution >= 4 is 63.5 Å². The van der Waals surface area contributed by atoms with E-state index < -0.39 is 40.0 Å². The van der Waals surface area contributed by atoms with Gasteiger partial charge in [0.15, 0.2) is 5.13 Å². The molecule has 4 atom stereocenters. The van der Waals surface area contributed by atoms with Crippen LogP contribution >= 0.6 is 34.7 Å². The first-order valence-corrected chi connectivity index (χ1v) is 13.4. The second kappa shape index (κ2) is 11.5. The summed E-state index contributed by atoms with van der Waals surface area (Å²) >= 11 is 8.11. The average Bonchev–Trinajstić information content (AvgIpc) is 3.36. The number of aromatic nitrogens is 1. The van der Waals surface area contributed by atoms with E-state index >= 15 is 0 Å². The normalized spacial score (nSPS) is 25.5. The summed E-state index contributed by atoms with van der Waals surface area (Å²) in [7, 11) is 0. The number of carbonyl (C=O) groups excluding carboxylic acids is 4. The largest absolute Gasteiger partial charge is 1.00 e. The number of amides is 3. The molecule has 3 heterocycles. The van der Waals surface area contributed by atoms with Gasteiger partial charge in [-0.2, -0.15) is 0 Å². The van der Waals surface area contributed by atoms with Crippen molar-refractivity contribution in [2.45, 2.75) is 74.1 Å². The quantitative estimate of drug-likeness (QED) is 0.177. The number of allylic oxidation sites excluding steroid dienone is 2. The van der Waals surface area contributed by atoms with E-state index in [4.69, 9.17) is 11.6 Å². The van der Waals surface area contributed by atoms with Crippen LogP contribution in [-0.4, -0.2) is 61.7 Å². The number of β-lactam (4-membered cyclic amide) rings is 1. The molecule has 13 heteroatoms. The Labute approximate surface area is 239 Å². The van der Waals surface area contributed by atoms with E-state index in [0.29, 0.717) is 17.2 Å². The number of anilines is 1. The molecule has 3 aliphatic rings. The molecule has 0 bridgehead atoms. The Balaban J connectivity index is 0.00000342. The van der Waals surface area contributed by atoms with Crippen LogP contribution < -0.4 is 45.3 Å². The maximum Gasteiger partial charge on any atom is 1.00 e. The number of aliphatic carboxylic acids is 1. The number of halogens is 1. The summed E-state index contributed by atoms with van der Waals surface area (Å²) in [5.41, 5.74) is 1.68. The predicted molar refractivity (Wildman–Crippen MR) is 128 cm³/mol. The molecule has 0 spiro atoms. The van der Waals surface area contributed by atoms with E-state index in [0.717, 1.165) is 25.7 Å². The van der Waals surface area contributed by atoms with Gasteiger partial charge in [-0.3, -0.25) is 14.4 Å². The smallest absolute Gasteiger partial charge is 0.548 e. The number of thiazole rings is 1. The Morgan fingerprint density at radius 3 is 2.71 bits per heavy atom. The molecule has 0 aromatic carbocycles. The zero-order chi connectivity index (χ0) is 24.6. The molecule has 2 N–H and O–H groups in total. The third kappa shape index (κ3) is 5.91. The van der Waals surface area contributed by atoms with Crippen molar-refractivity contribution in [2.24, 2.45) is 0 Å². The Morgan fingerprint density at radius 1 is 1.34 bits per heavy atom. The fourth-order valence-corrected chi connectivity index (χ4v) is 7.19. The van der Waals surface area contributed by atoms with E-state index in [1.165, 1.54) is 33.6 Å². The minimum Gasteiger partial charge on any atom is -0.548 e. The van der Waals surface area contributed by atoms with Crippen molar-refractivity contribution in [3.63, 3.8) is 0 Å². The van der Waals surface area contributed by atoms with Crippen molar-refractivity contribution in [3.05, 3.63) is 22.7 Å². The number of nitrogens with one attached hydrogen (secondary N) is 2. The minimum absolute atomic E-state index is 0. The summed E-state index contributed by atoms with van der Waals surface area (Å²) in [5, 5.41) is 18.7. The van der Waals surface area contributed by atoms with Crippen molar-refractivity contribution in [1.29, 1.82) is 0 Å². The number of carbonyl (C=O) groups is 4. The van der Waals surface area contributed by atoms with E-state index in [9.17, 15) is 24.3 Å². The zero-order valence-corrected chi connectivity index (χ0v) is 24.2. The van der Waals surface area contributed by atoms with E-state index in [1.807, 2.05) is 0 Å². The molecular formula is C22H26ClN4NaO5S2. The molecule has 35 heavy (non-hydrogen) atoms. The monoisotopic (exact) mass is 548 g/mol. The summed E-state index contributed by atoms with van der Waals surface area (Å²) < 4.78 is -0.727. The van der Waals surface area contributed by atoms with Crippen LogP contribution in [0, 0.1) is 0 Å². The topological polar surface area (TPSA) is 132 Å². The van der Waals surface area contributed by atoms with Crippen molar-refractivity contribution < 1.29 is 53.8 Å². The summed E-state index contributed by atoms with van der Waals surface area (Å²) in [5.74, 6) is -3.29. The van der Waals surface area contributed by atoms with Crippen LogP contribution in [0.1, 0.15) is 57.6 Å². The standard InChI is InChI=1S/C22H27ClN4O5S2.Na/c1-22(2)16(20(31)32)27-18(30)15(19(27)34-22)26-17(29)12(8-11-6-4-3-5-7-11)13-10-33-21(24-13)25-14(28)9-23;/h6,10,12,15-16,19H,3-5,7-9H2,1-2H3,(H,26,29)(H,31,32)(H,24,25,28);/q;+1/p-1/t12?,15-,16+,19-;/m1./s1. The third-order valence-electron chi connectivity index (χ3n) is 6.38. The van der Waals surface area contributed by atoms with Crippen LogP contribution in [-0.2, 0) is 19.2 Å².